The van der Waals surface area contributed by atoms with E-state index >= 15 is 0 Å². The first kappa shape index (κ1) is 26.0. The van der Waals surface area contributed by atoms with Crippen LogP contribution in [-0.4, -0.2) is 77.1 Å². The number of thiol groups is 1. The van der Waals surface area contributed by atoms with Crippen molar-refractivity contribution in [3.8, 4) is 0 Å². The Labute approximate surface area is 172 Å². The van der Waals surface area contributed by atoms with Gasteiger partial charge in [0.05, 0.1) is 12.6 Å². The van der Waals surface area contributed by atoms with Crippen LogP contribution in [-0.2, 0) is 24.0 Å². The minimum absolute atomic E-state index is 0.105. The third-order valence-corrected chi connectivity index (χ3v) is 4.55. The number of carboxylic acids is 1. The largest absolute Gasteiger partial charge is 0.480 e. The molecule has 0 aliphatic heterocycles. The van der Waals surface area contributed by atoms with Gasteiger partial charge in [-0.3, -0.25) is 19.2 Å². The molecule has 0 aliphatic rings. The molecule has 3 unspecified atom stereocenters. The molecule has 28 heavy (non-hydrogen) atoms. The van der Waals surface area contributed by atoms with Crippen molar-refractivity contribution in [2.24, 2.45) is 11.5 Å². The highest BCUT2D eigenvalue weighted by Gasteiger charge is 2.26. The summed E-state index contributed by atoms with van der Waals surface area (Å²) in [6, 6.07) is -3.19. The lowest BCUT2D eigenvalue weighted by Crippen LogP contribution is -2.54. The second-order valence-corrected chi connectivity index (χ2v) is 7.16. The number of thioether (sulfide) groups is 1. The summed E-state index contributed by atoms with van der Waals surface area (Å²) in [5, 5.41) is 16.2. The Kier molecular flexibility index (Phi) is 13.1. The molecule has 0 aromatic carbocycles. The summed E-state index contributed by atoms with van der Waals surface area (Å²) in [6.07, 6.45) is 1.67. The zero-order valence-corrected chi connectivity index (χ0v) is 17.2. The van der Waals surface area contributed by atoms with E-state index in [9.17, 15) is 29.1 Å². The average Bonchev–Trinajstić information content (AvgIpc) is 2.64. The maximum absolute atomic E-state index is 12.4. The predicted octanol–water partition coefficient (Wildman–Crippen LogP) is -2.57. The van der Waals surface area contributed by atoms with Crippen LogP contribution in [0.3, 0.4) is 0 Å². The standard InChI is InChI=1S/C15H27N5O6S2/c1-28-5-4-9(19-12(22)6-18-13(23)8(16)7-27)14(24)20-10(15(25)26)2-3-11(17)21/h8-10,27H,2-7,16H2,1H3,(H2,17,21)(H,18,23)(H,19,22)(H,20,24)(H,25,26). The van der Waals surface area contributed by atoms with Gasteiger partial charge in [-0.15, -0.1) is 0 Å². The van der Waals surface area contributed by atoms with Crippen molar-refractivity contribution in [3.63, 3.8) is 0 Å². The molecule has 0 heterocycles. The molecule has 11 nitrogen and oxygen atoms in total. The molecule has 0 aromatic heterocycles. The Morgan fingerprint density at radius 3 is 2.21 bits per heavy atom. The zero-order chi connectivity index (χ0) is 21.7. The van der Waals surface area contributed by atoms with Gasteiger partial charge in [0, 0.05) is 12.2 Å². The molecule has 3 atom stereocenters. The van der Waals surface area contributed by atoms with Gasteiger partial charge in [0.15, 0.2) is 0 Å². The Balaban J connectivity index is 4.86. The number of carbonyl (C=O) groups is 5. The highest BCUT2D eigenvalue weighted by atomic mass is 32.2. The lowest BCUT2D eigenvalue weighted by molar-refractivity contribution is -0.142. The first-order valence-corrected chi connectivity index (χ1v) is 10.4. The quantitative estimate of drug-likeness (QED) is 0.144. The Morgan fingerprint density at radius 2 is 1.71 bits per heavy atom. The molecule has 8 N–H and O–H groups in total. The van der Waals surface area contributed by atoms with E-state index in [-0.39, 0.29) is 25.0 Å². The summed E-state index contributed by atoms with van der Waals surface area (Å²) in [7, 11) is 0. The smallest absolute Gasteiger partial charge is 0.326 e. The maximum Gasteiger partial charge on any atom is 0.326 e. The van der Waals surface area contributed by atoms with Gasteiger partial charge in [0.2, 0.25) is 23.6 Å². The number of aliphatic carboxylic acids is 1. The number of nitrogens with two attached hydrogens (primary N) is 2. The fourth-order valence-corrected chi connectivity index (χ4v) is 2.58. The van der Waals surface area contributed by atoms with Crippen LogP contribution in [0.4, 0.5) is 0 Å². The van der Waals surface area contributed by atoms with Gasteiger partial charge >= 0.3 is 5.97 Å². The van der Waals surface area contributed by atoms with Crippen LogP contribution in [0.15, 0.2) is 0 Å². The highest BCUT2D eigenvalue weighted by molar-refractivity contribution is 7.98. The third kappa shape index (κ3) is 11.0. The van der Waals surface area contributed by atoms with E-state index in [1.165, 1.54) is 11.8 Å². The van der Waals surface area contributed by atoms with Crippen molar-refractivity contribution in [1.82, 2.24) is 16.0 Å². The molecule has 160 valence electrons. The minimum Gasteiger partial charge on any atom is -0.480 e. The van der Waals surface area contributed by atoms with Crippen LogP contribution < -0.4 is 27.4 Å². The summed E-state index contributed by atoms with van der Waals surface area (Å²) in [5.41, 5.74) is 10.5. The number of rotatable bonds is 14. The number of primary amides is 1. The highest BCUT2D eigenvalue weighted by Crippen LogP contribution is 2.04. The minimum atomic E-state index is -1.32. The van der Waals surface area contributed by atoms with Gasteiger partial charge in [0.1, 0.15) is 12.1 Å². The van der Waals surface area contributed by atoms with Crippen molar-refractivity contribution in [3.05, 3.63) is 0 Å². The number of hydrogen-bond donors (Lipinski definition) is 7. The molecule has 0 aromatic rings. The van der Waals surface area contributed by atoms with Gasteiger partial charge in [-0.05, 0) is 24.9 Å². The molecule has 0 spiro atoms. The van der Waals surface area contributed by atoms with E-state index in [0.717, 1.165) is 0 Å². The van der Waals surface area contributed by atoms with Crippen LogP contribution in [0.5, 0.6) is 0 Å². The zero-order valence-electron chi connectivity index (χ0n) is 15.5. The number of nitrogens with one attached hydrogen (secondary N) is 3. The molecular formula is C15H27N5O6S2. The normalized spacial score (nSPS) is 13.7. The first-order valence-electron chi connectivity index (χ1n) is 8.36. The van der Waals surface area contributed by atoms with Crippen molar-refractivity contribution < 1.29 is 29.1 Å². The monoisotopic (exact) mass is 437 g/mol. The first-order chi connectivity index (χ1) is 13.1. The van der Waals surface area contributed by atoms with Crippen molar-refractivity contribution in [2.75, 3.05) is 24.3 Å². The number of carbonyl (C=O) groups excluding carboxylic acids is 4. The molecule has 0 saturated heterocycles. The summed E-state index contributed by atoms with van der Waals surface area (Å²) >= 11 is 5.32. The second-order valence-electron chi connectivity index (χ2n) is 5.81. The molecule has 0 fully saturated rings. The molecule has 0 rings (SSSR count). The molecule has 4 amide bonds. The van der Waals surface area contributed by atoms with E-state index in [4.69, 9.17) is 11.5 Å². The summed E-state index contributed by atoms with van der Waals surface area (Å²) in [6.45, 7) is -0.395. The maximum atomic E-state index is 12.4. The molecule has 0 radical (unpaired) electrons. The van der Waals surface area contributed by atoms with Crippen LogP contribution >= 0.6 is 24.4 Å². The van der Waals surface area contributed by atoms with Crippen LogP contribution in [0.1, 0.15) is 19.3 Å². The topological polar surface area (TPSA) is 194 Å². The predicted molar refractivity (Wildman–Crippen MR) is 108 cm³/mol. The van der Waals surface area contributed by atoms with E-state index in [1.54, 1.807) is 0 Å². The van der Waals surface area contributed by atoms with Crippen molar-refractivity contribution in [1.29, 1.82) is 0 Å². The SMILES string of the molecule is CSCCC(NC(=O)CNC(=O)C(N)CS)C(=O)NC(CCC(N)=O)C(=O)O. The van der Waals surface area contributed by atoms with E-state index in [0.29, 0.717) is 5.75 Å². The van der Waals surface area contributed by atoms with Crippen LogP contribution in [0.2, 0.25) is 0 Å². The lowest BCUT2D eigenvalue weighted by Gasteiger charge is -2.21. The number of amides is 4. The van der Waals surface area contributed by atoms with Gasteiger partial charge < -0.3 is 32.5 Å². The van der Waals surface area contributed by atoms with Crippen LogP contribution in [0.25, 0.3) is 0 Å². The lowest BCUT2D eigenvalue weighted by atomic mass is 10.1. The van der Waals surface area contributed by atoms with Gasteiger partial charge in [-0.1, -0.05) is 0 Å². The Hall–Kier alpha value is -1.99. The summed E-state index contributed by atoms with van der Waals surface area (Å²) < 4.78 is 0. The van der Waals surface area contributed by atoms with Gasteiger partial charge in [-0.25, -0.2) is 4.79 Å². The molecule has 13 heteroatoms. The van der Waals surface area contributed by atoms with Gasteiger partial charge in [-0.2, -0.15) is 24.4 Å². The van der Waals surface area contributed by atoms with E-state index in [2.05, 4.69) is 28.6 Å². The third-order valence-electron chi connectivity index (χ3n) is 3.51. The van der Waals surface area contributed by atoms with Gasteiger partial charge in [0.25, 0.3) is 0 Å². The molecular weight excluding hydrogens is 410 g/mol. The molecule has 0 bridgehead atoms. The molecule has 0 saturated carbocycles. The summed E-state index contributed by atoms with van der Waals surface area (Å²) in [5.74, 6) is -3.29. The molecule has 0 aliphatic carbocycles. The Bertz CT molecular complexity index is 577. The fourth-order valence-electron chi connectivity index (χ4n) is 1.95. The number of hydrogen-bond acceptors (Lipinski definition) is 8. The van der Waals surface area contributed by atoms with Crippen molar-refractivity contribution >= 4 is 54.0 Å². The number of carboxylic acid groups (broad SMARTS) is 1. The van der Waals surface area contributed by atoms with Crippen molar-refractivity contribution in [2.45, 2.75) is 37.4 Å². The van der Waals surface area contributed by atoms with E-state index < -0.39 is 54.3 Å². The average molecular weight is 438 g/mol. The summed E-state index contributed by atoms with van der Waals surface area (Å²) in [4.78, 5) is 58.1. The second kappa shape index (κ2) is 14.1. The van der Waals surface area contributed by atoms with E-state index in [1.807, 2.05) is 6.26 Å². The van der Waals surface area contributed by atoms with Crippen LogP contribution in [0, 0.1) is 0 Å². The Morgan fingerprint density at radius 1 is 1.07 bits per heavy atom. The fraction of sp³-hybridized carbons (Fsp3) is 0.667.